The summed E-state index contributed by atoms with van der Waals surface area (Å²) in [6, 6.07) is 1.63. The van der Waals surface area contributed by atoms with Crippen LogP contribution in [-0.2, 0) is 15.2 Å². The molecule has 1 amide bonds. The number of amides is 1. The Bertz CT molecular complexity index is 691. The zero-order valence-corrected chi connectivity index (χ0v) is 15.0. The first-order valence-corrected chi connectivity index (χ1v) is 8.42. The molecular weight excluding hydrogens is 324 g/mol. The third kappa shape index (κ3) is 3.53. The molecule has 1 saturated heterocycles. The molecule has 2 atom stereocenters. The number of carbonyl (C=O) groups is 1. The molecular formula is C17H24N4O4. The fourth-order valence-corrected chi connectivity index (χ4v) is 2.75. The van der Waals surface area contributed by atoms with Gasteiger partial charge in [-0.1, -0.05) is 5.16 Å². The Morgan fingerprint density at radius 3 is 2.88 bits per heavy atom. The van der Waals surface area contributed by atoms with E-state index in [4.69, 9.17) is 14.0 Å². The van der Waals surface area contributed by atoms with E-state index in [9.17, 15) is 4.79 Å². The van der Waals surface area contributed by atoms with E-state index in [1.54, 1.807) is 29.6 Å². The normalized spacial score (nSPS) is 25.4. The van der Waals surface area contributed by atoms with Gasteiger partial charge in [0.05, 0.1) is 12.3 Å². The highest BCUT2D eigenvalue weighted by Gasteiger charge is 2.41. The molecule has 25 heavy (non-hydrogen) atoms. The van der Waals surface area contributed by atoms with Crippen molar-refractivity contribution in [3.63, 3.8) is 0 Å². The molecule has 136 valence electrons. The van der Waals surface area contributed by atoms with Crippen LogP contribution in [0.3, 0.4) is 0 Å². The largest absolute Gasteiger partial charge is 0.444 e. The molecule has 3 heterocycles. The molecule has 8 heteroatoms. The van der Waals surface area contributed by atoms with E-state index in [1.165, 1.54) is 0 Å². The Balaban J connectivity index is 1.76. The van der Waals surface area contributed by atoms with E-state index >= 15 is 0 Å². The molecule has 8 nitrogen and oxygen atoms in total. The van der Waals surface area contributed by atoms with Crippen molar-refractivity contribution in [2.75, 3.05) is 13.2 Å². The molecule has 0 saturated carbocycles. The van der Waals surface area contributed by atoms with Crippen molar-refractivity contribution in [3.8, 4) is 0 Å². The number of nitrogens with one attached hydrogen (secondary N) is 1. The molecule has 2 aliphatic rings. The molecule has 0 radical (unpaired) electrons. The molecule has 2 aliphatic heterocycles. The molecule has 1 aromatic heterocycles. The lowest BCUT2D eigenvalue weighted by molar-refractivity contribution is -0.0118. The molecule has 1 fully saturated rings. The minimum atomic E-state index is -0.953. The Morgan fingerprint density at radius 1 is 1.52 bits per heavy atom. The van der Waals surface area contributed by atoms with Crippen LogP contribution in [0.15, 0.2) is 28.0 Å². The van der Waals surface area contributed by atoms with Gasteiger partial charge in [-0.05, 0) is 34.1 Å². The summed E-state index contributed by atoms with van der Waals surface area (Å²) >= 11 is 0. The number of rotatable bonds is 4. The minimum Gasteiger partial charge on any atom is -0.444 e. The van der Waals surface area contributed by atoms with E-state index in [-0.39, 0.29) is 12.1 Å². The van der Waals surface area contributed by atoms with Crippen molar-refractivity contribution in [1.82, 2.24) is 15.4 Å². The van der Waals surface area contributed by atoms with Crippen LogP contribution in [0.1, 0.15) is 51.6 Å². The molecule has 2 unspecified atom stereocenters. The van der Waals surface area contributed by atoms with Crippen LogP contribution in [0.5, 0.6) is 0 Å². The van der Waals surface area contributed by atoms with Gasteiger partial charge in [-0.2, -0.15) is 0 Å². The second kappa shape index (κ2) is 6.51. The van der Waals surface area contributed by atoms with E-state index in [0.29, 0.717) is 24.6 Å². The lowest BCUT2D eigenvalue weighted by Gasteiger charge is -2.39. The maximum absolute atomic E-state index is 12.3. The SMILES string of the molecule is CCOC1(c2cc(C3CCN3C(=O)OC(C)(C)C)on2)C=NC=CN1. The summed E-state index contributed by atoms with van der Waals surface area (Å²) in [5, 5.41) is 7.26. The maximum atomic E-state index is 12.3. The highest BCUT2D eigenvalue weighted by atomic mass is 16.6. The average molecular weight is 348 g/mol. The van der Waals surface area contributed by atoms with Crippen LogP contribution in [0.2, 0.25) is 0 Å². The third-order valence-corrected chi connectivity index (χ3v) is 3.97. The first kappa shape index (κ1) is 17.5. The van der Waals surface area contributed by atoms with E-state index in [1.807, 2.05) is 27.7 Å². The number of nitrogens with zero attached hydrogens (tertiary/aromatic N) is 3. The Kier molecular flexibility index (Phi) is 4.55. The third-order valence-electron chi connectivity index (χ3n) is 3.97. The van der Waals surface area contributed by atoms with Crippen molar-refractivity contribution >= 4 is 12.3 Å². The van der Waals surface area contributed by atoms with Crippen molar-refractivity contribution in [3.05, 3.63) is 29.9 Å². The van der Waals surface area contributed by atoms with E-state index < -0.39 is 11.3 Å². The number of hydrogen-bond acceptors (Lipinski definition) is 7. The van der Waals surface area contributed by atoms with Crippen LogP contribution >= 0.6 is 0 Å². The van der Waals surface area contributed by atoms with Gasteiger partial charge in [-0.25, -0.2) is 4.79 Å². The van der Waals surface area contributed by atoms with E-state index in [0.717, 1.165) is 6.42 Å². The molecule has 0 bridgehead atoms. The van der Waals surface area contributed by atoms with Gasteiger partial charge in [0.1, 0.15) is 11.3 Å². The fourth-order valence-electron chi connectivity index (χ4n) is 2.75. The summed E-state index contributed by atoms with van der Waals surface area (Å²) < 4.78 is 16.7. The van der Waals surface area contributed by atoms with Gasteiger partial charge in [-0.15, -0.1) is 0 Å². The summed E-state index contributed by atoms with van der Waals surface area (Å²) in [6.07, 6.45) is 5.43. The zero-order valence-electron chi connectivity index (χ0n) is 15.0. The second-order valence-corrected chi connectivity index (χ2v) is 7.00. The summed E-state index contributed by atoms with van der Waals surface area (Å²) in [4.78, 5) is 18.1. The standard InChI is InChI=1S/C17H24N4O4/c1-5-23-17(11-18-7-8-19-17)14-10-13(25-20-14)12-6-9-21(12)15(22)24-16(2,3)4/h7-8,10-12,19H,5-6,9H2,1-4H3. The number of carbonyl (C=O) groups excluding carboxylic acids is 1. The number of likely N-dealkylation sites (tertiary alicyclic amines) is 1. The average Bonchev–Trinajstić information content (AvgIpc) is 2.95. The minimum absolute atomic E-state index is 0.175. The van der Waals surface area contributed by atoms with Crippen molar-refractivity contribution < 1.29 is 18.8 Å². The van der Waals surface area contributed by atoms with Gasteiger partial charge in [0.25, 0.3) is 0 Å². The Hall–Kier alpha value is -2.35. The summed E-state index contributed by atoms with van der Waals surface area (Å²) in [5.41, 5.74) is -0.919. The molecule has 0 spiro atoms. The summed E-state index contributed by atoms with van der Waals surface area (Å²) in [6.45, 7) is 8.54. The Labute approximate surface area is 146 Å². The van der Waals surface area contributed by atoms with Gasteiger partial charge in [0, 0.05) is 31.6 Å². The topological polar surface area (TPSA) is 89.2 Å². The lowest BCUT2D eigenvalue weighted by atomic mass is 10.00. The fraction of sp³-hybridized carbons (Fsp3) is 0.588. The van der Waals surface area contributed by atoms with Crippen LogP contribution < -0.4 is 5.32 Å². The van der Waals surface area contributed by atoms with Crippen molar-refractivity contribution in [2.24, 2.45) is 4.99 Å². The number of aromatic nitrogens is 1. The molecule has 3 rings (SSSR count). The van der Waals surface area contributed by atoms with Crippen molar-refractivity contribution in [1.29, 1.82) is 0 Å². The summed E-state index contributed by atoms with van der Waals surface area (Å²) in [5.74, 6) is 0.607. The van der Waals surface area contributed by atoms with Gasteiger partial charge in [0.2, 0.25) is 5.72 Å². The number of aliphatic imine (C=N–C) groups is 1. The van der Waals surface area contributed by atoms with Gasteiger partial charge in [0.15, 0.2) is 5.76 Å². The van der Waals surface area contributed by atoms with Crippen LogP contribution in [0, 0.1) is 0 Å². The monoisotopic (exact) mass is 348 g/mol. The predicted octanol–water partition coefficient (Wildman–Crippen LogP) is 2.69. The maximum Gasteiger partial charge on any atom is 0.410 e. The molecule has 0 aliphatic carbocycles. The number of ether oxygens (including phenoxy) is 2. The number of hydrogen-bond donors (Lipinski definition) is 1. The van der Waals surface area contributed by atoms with Gasteiger partial charge in [-0.3, -0.25) is 9.89 Å². The van der Waals surface area contributed by atoms with E-state index in [2.05, 4.69) is 15.5 Å². The highest BCUT2D eigenvalue weighted by Crippen LogP contribution is 2.36. The highest BCUT2D eigenvalue weighted by molar-refractivity contribution is 5.72. The first-order chi connectivity index (χ1) is 11.8. The first-order valence-electron chi connectivity index (χ1n) is 8.42. The van der Waals surface area contributed by atoms with Crippen LogP contribution in [-0.4, -0.2) is 41.1 Å². The molecule has 1 aromatic rings. The van der Waals surface area contributed by atoms with Crippen molar-refractivity contribution in [2.45, 2.75) is 51.5 Å². The van der Waals surface area contributed by atoms with Crippen LogP contribution in [0.25, 0.3) is 0 Å². The Morgan fingerprint density at radius 2 is 2.32 bits per heavy atom. The van der Waals surface area contributed by atoms with Crippen LogP contribution in [0.4, 0.5) is 4.79 Å². The second-order valence-electron chi connectivity index (χ2n) is 7.00. The summed E-state index contributed by atoms with van der Waals surface area (Å²) in [7, 11) is 0. The van der Waals surface area contributed by atoms with Gasteiger partial charge >= 0.3 is 6.09 Å². The quantitative estimate of drug-likeness (QED) is 0.900. The lowest BCUT2D eigenvalue weighted by Crippen LogP contribution is -2.47. The predicted molar refractivity (Wildman–Crippen MR) is 90.9 cm³/mol. The van der Waals surface area contributed by atoms with Gasteiger partial charge < -0.3 is 19.3 Å². The smallest absolute Gasteiger partial charge is 0.410 e. The zero-order chi connectivity index (χ0) is 18.1. The molecule has 0 aromatic carbocycles. The molecule has 1 N–H and O–H groups in total.